The number of anilines is 2. The Hall–Kier alpha value is -4.20. The van der Waals surface area contributed by atoms with Crippen molar-refractivity contribution in [1.82, 2.24) is 19.6 Å². The van der Waals surface area contributed by atoms with Gasteiger partial charge in [0.25, 0.3) is 11.1 Å². The summed E-state index contributed by atoms with van der Waals surface area (Å²) < 4.78 is 2.92. The van der Waals surface area contributed by atoms with Gasteiger partial charge in [-0.15, -0.1) is 0 Å². The highest BCUT2D eigenvalue weighted by atomic mass is 16.1. The molecule has 33 heavy (non-hydrogen) atoms. The van der Waals surface area contributed by atoms with Crippen LogP contribution in [0.2, 0.25) is 0 Å². The molecule has 2 aromatic carbocycles. The van der Waals surface area contributed by atoms with E-state index in [2.05, 4.69) is 16.8 Å². The number of rotatable bonds is 5. The van der Waals surface area contributed by atoms with E-state index in [-0.39, 0.29) is 11.1 Å². The lowest BCUT2D eigenvalue weighted by molar-refractivity contribution is 0.835. The Morgan fingerprint density at radius 2 is 1.21 bits per heavy atom. The molecule has 0 atom stereocenters. The topological polar surface area (TPSA) is 82.1 Å². The van der Waals surface area contributed by atoms with Crippen LogP contribution >= 0.6 is 0 Å². The summed E-state index contributed by atoms with van der Waals surface area (Å²) in [6.45, 7) is 5.79. The number of aromatic nitrogens is 4. The van der Waals surface area contributed by atoms with E-state index in [0.717, 1.165) is 17.1 Å². The van der Waals surface area contributed by atoms with Crippen molar-refractivity contribution in [3.63, 3.8) is 0 Å². The maximum atomic E-state index is 13.2. The molecular formula is C25H28N6O2. The first-order chi connectivity index (χ1) is 15.7. The second-order valence-corrected chi connectivity index (χ2v) is 8.40. The molecule has 0 saturated heterocycles. The van der Waals surface area contributed by atoms with Gasteiger partial charge in [-0.1, -0.05) is 6.58 Å². The van der Waals surface area contributed by atoms with Crippen LogP contribution in [0.5, 0.6) is 0 Å². The molecule has 8 nitrogen and oxygen atoms in total. The molecule has 0 aliphatic carbocycles. The highest BCUT2D eigenvalue weighted by molar-refractivity contribution is 5.54. The molecule has 170 valence electrons. The lowest BCUT2D eigenvalue weighted by Gasteiger charge is -2.12. The highest BCUT2D eigenvalue weighted by Crippen LogP contribution is 2.15. The van der Waals surface area contributed by atoms with Crippen molar-refractivity contribution in [2.75, 3.05) is 38.0 Å². The third kappa shape index (κ3) is 4.03. The fraction of sp³-hybridized carbons (Fsp3) is 0.200. The van der Waals surface area contributed by atoms with Gasteiger partial charge in [-0.2, -0.15) is 0 Å². The summed E-state index contributed by atoms with van der Waals surface area (Å²) in [6.07, 6.45) is 1.60. The Kier molecular flexibility index (Phi) is 5.59. The van der Waals surface area contributed by atoms with E-state index >= 15 is 0 Å². The SMILES string of the molecule is C=c1[nH]n(-c2ccc(N(C)C)cc2)c(=O)c1=Cc1c(C)[nH]n(-c2ccc(N(C)C)cc2)c1=O. The summed E-state index contributed by atoms with van der Waals surface area (Å²) in [7, 11) is 7.84. The summed E-state index contributed by atoms with van der Waals surface area (Å²) >= 11 is 0. The van der Waals surface area contributed by atoms with Crippen LogP contribution in [-0.2, 0) is 0 Å². The van der Waals surface area contributed by atoms with Crippen LogP contribution < -0.4 is 31.5 Å². The quantitative estimate of drug-likeness (QED) is 0.487. The number of hydrogen-bond acceptors (Lipinski definition) is 4. The molecule has 0 aliphatic heterocycles. The zero-order valence-electron chi connectivity index (χ0n) is 19.5. The second-order valence-electron chi connectivity index (χ2n) is 8.40. The third-order valence-electron chi connectivity index (χ3n) is 5.66. The van der Waals surface area contributed by atoms with E-state index in [1.54, 1.807) is 6.08 Å². The van der Waals surface area contributed by atoms with Crippen LogP contribution in [-0.4, -0.2) is 47.8 Å². The molecule has 4 aromatic rings. The van der Waals surface area contributed by atoms with E-state index in [0.29, 0.717) is 27.5 Å². The van der Waals surface area contributed by atoms with Gasteiger partial charge >= 0.3 is 0 Å². The van der Waals surface area contributed by atoms with Crippen LogP contribution in [0, 0.1) is 6.92 Å². The maximum Gasteiger partial charge on any atom is 0.279 e. The van der Waals surface area contributed by atoms with Gasteiger partial charge < -0.3 is 9.80 Å². The van der Waals surface area contributed by atoms with E-state index < -0.39 is 0 Å². The molecule has 2 N–H and O–H groups in total. The molecule has 2 aromatic heterocycles. The van der Waals surface area contributed by atoms with Crippen molar-refractivity contribution in [2.24, 2.45) is 0 Å². The number of nitrogens with one attached hydrogen (secondary N) is 2. The van der Waals surface area contributed by atoms with Gasteiger partial charge in [0.1, 0.15) is 0 Å². The molecular weight excluding hydrogens is 416 g/mol. The van der Waals surface area contributed by atoms with Crippen LogP contribution in [0.1, 0.15) is 11.3 Å². The Balaban J connectivity index is 1.78. The summed E-state index contributed by atoms with van der Waals surface area (Å²) in [6, 6.07) is 15.2. The summed E-state index contributed by atoms with van der Waals surface area (Å²) in [5.74, 6) is 0. The monoisotopic (exact) mass is 444 g/mol. The number of aromatic amines is 2. The number of H-pyrrole nitrogens is 2. The standard InChI is InChI=1S/C25H28N6O2/c1-16-22(24(32)30(26-16)20-11-7-18(8-12-20)28(3)4)15-23-17(2)27-31(25(23)33)21-13-9-19(10-14-21)29(5)6/h7-15,26-27H,1H2,2-6H3. The largest absolute Gasteiger partial charge is 0.378 e. The molecule has 0 fully saturated rings. The van der Waals surface area contributed by atoms with Gasteiger partial charge in [-0.3, -0.25) is 19.8 Å². The molecule has 0 unspecified atom stereocenters. The van der Waals surface area contributed by atoms with Crippen LogP contribution in [0.4, 0.5) is 11.4 Å². The van der Waals surface area contributed by atoms with Gasteiger partial charge in [0.15, 0.2) is 0 Å². The van der Waals surface area contributed by atoms with E-state index in [4.69, 9.17) is 0 Å². The van der Waals surface area contributed by atoms with Crippen molar-refractivity contribution in [2.45, 2.75) is 6.92 Å². The van der Waals surface area contributed by atoms with Gasteiger partial charge in [0, 0.05) is 45.3 Å². The molecule has 8 heteroatoms. The molecule has 0 bridgehead atoms. The molecule has 2 heterocycles. The van der Waals surface area contributed by atoms with E-state index in [1.807, 2.05) is 93.4 Å². The van der Waals surface area contributed by atoms with E-state index in [9.17, 15) is 9.59 Å². The van der Waals surface area contributed by atoms with Crippen LogP contribution in [0.15, 0.2) is 58.1 Å². The lowest BCUT2D eigenvalue weighted by atomic mass is 10.2. The van der Waals surface area contributed by atoms with Gasteiger partial charge in [0.2, 0.25) is 0 Å². The normalized spacial score (nSPS) is 11.7. The van der Waals surface area contributed by atoms with E-state index in [1.165, 1.54) is 9.36 Å². The summed E-state index contributed by atoms with van der Waals surface area (Å²) in [5.41, 5.74) is 4.07. The zero-order valence-corrected chi connectivity index (χ0v) is 19.5. The average Bonchev–Trinajstić information content (AvgIpc) is 3.24. The Labute approximate surface area is 191 Å². The number of benzene rings is 2. The van der Waals surface area contributed by atoms with Crippen molar-refractivity contribution >= 4 is 24.0 Å². The van der Waals surface area contributed by atoms with Crippen LogP contribution in [0.25, 0.3) is 24.0 Å². The molecule has 0 saturated carbocycles. The Bertz CT molecular complexity index is 1510. The molecule has 0 radical (unpaired) electrons. The molecule has 4 rings (SSSR count). The minimum absolute atomic E-state index is 0.230. The first-order valence-electron chi connectivity index (χ1n) is 10.6. The Morgan fingerprint density at radius 3 is 1.67 bits per heavy atom. The molecule has 0 spiro atoms. The molecule has 0 aliphatic rings. The first kappa shape index (κ1) is 22.0. The summed E-state index contributed by atoms with van der Waals surface area (Å²) in [5, 5.41) is 6.92. The van der Waals surface area contributed by atoms with Crippen molar-refractivity contribution in [3.8, 4) is 11.4 Å². The smallest absolute Gasteiger partial charge is 0.279 e. The van der Waals surface area contributed by atoms with Crippen molar-refractivity contribution in [3.05, 3.63) is 91.1 Å². The van der Waals surface area contributed by atoms with Gasteiger partial charge in [0.05, 0.1) is 27.5 Å². The van der Waals surface area contributed by atoms with Gasteiger partial charge in [-0.05, 0) is 61.5 Å². The number of nitrogens with zero attached hydrogens (tertiary/aromatic N) is 4. The summed E-state index contributed by atoms with van der Waals surface area (Å²) in [4.78, 5) is 30.3. The predicted octanol–water partition coefficient (Wildman–Crippen LogP) is 1.32. The van der Waals surface area contributed by atoms with Gasteiger partial charge in [-0.25, -0.2) is 9.36 Å². The van der Waals surface area contributed by atoms with Crippen LogP contribution in [0.3, 0.4) is 0 Å². The fourth-order valence-corrected chi connectivity index (χ4v) is 3.68. The minimum Gasteiger partial charge on any atom is -0.378 e. The zero-order chi connectivity index (χ0) is 23.9. The Morgan fingerprint density at radius 1 is 0.758 bits per heavy atom. The predicted molar refractivity (Wildman–Crippen MR) is 135 cm³/mol. The maximum absolute atomic E-state index is 13.2. The number of hydrogen-bond donors (Lipinski definition) is 2. The lowest BCUT2D eigenvalue weighted by Crippen LogP contribution is -2.34. The first-order valence-corrected chi connectivity index (χ1v) is 10.6. The highest BCUT2D eigenvalue weighted by Gasteiger charge is 2.13. The number of aryl methyl sites for hydroxylation is 1. The average molecular weight is 445 g/mol. The third-order valence-corrected chi connectivity index (χ3v) is 5.66. The second kappa shape index (κ2) is 8.38. The van der Waals surface area contributed by atoms with Crippen molar-refractivity contribution < 1.29 is 0 Å². The minimum atomic E-state index is -0.264. The fourth-order valence-electron chi connectivity index (χ4n) is 3.68. The molecule has 0 amide bonds. The van der Waals surface area contributed by atoms with Crippen molar-refractivity contribution in [1.29, 1.82) is 0 Å².